The number of hydrogen-bond donors (Lipinski definition) is 3. The molecule has 4 heteroatoms. The Balaban J connectivity index is 2.52. The predicted molar refractivity (Wildman–Crippen MR) is 77.6 cm³/mol. The minimum atomic E-state index is -0.313. The Morgan fingerprint density at radius 3 is 2.68 bits per heavy atom. The largest absolute Gasteiger partial charge is 0.393 e. The Labute approximate surface area is 117 Å². The SMILES string of the molecule is CCC(O)CCNC(=O)C1CCC(N)C(C)C1(C)C. The van der Waals surface area contributed by atoms with Crippen molar-refractivity contribution in [1.29, 1.82) is 0 Å². The van der Waals surface area contributed by atoms with Crippen molar-refractivity contribution in [3.63, 3.8) is 0 Å². The monoisotopic (exact) mass is 270 g/mol. The molecular weight excluding hydrogens is 240 g/mol. The van der Waals surface area contributed by atoms with Crippen molar-refractivity contribution in [3.05, 3.63) is 0 Å². The van der Waals surface area contributed by atoms with Gasteiger partial charge in [-0.05, 0) is 37.0 Å². The molecule has 0 spiro atoms. The molecule has 0 aliphatic heterocycles. The molecule has 4 unspecified atom stereocenters. The van der Waals surface area contributed by atoms with Gasteiger partial charge >= 0.3 is 0 Å². The summed E-state index contributed by atoms with van der Waals surface area (Å²) < 4.78 is 0. The molecule has 0 aromatic heterocycles. The van der Waals surface area contributed by atoms with Crippen molar-refractivity contribution < 1.29 is 9.90 Å². The normalized spacial score (nSPS) is 31.8. The highest BCUT2D eigenvalue weighted by Crippen LogP contribution is 2.44. The third-order valence-electron chi connectivity index (χ3n) is 5.07. The van der Waals surface area contributed by atoms with Crippen molar-refractivity contribution >= 4 is 5.91 Å². The number of nitrogens with one attached hydrogen (secondary N) is 1. The molecule has 4 atom stereocenters. The van der Waals surface area contributed by atoms with Crippen LogP contribution in [0.4, 0.5) is 0 Å². The highest BCUT2D eigenvalue weighted by atomic mass is 16.3. The lowest BCUT2D eigenvalue weighted by molar-refractivity contribution is -0.132. The van der Waals surface area contributed by atoms with Gasteiger partial charge in [-0.1, -0.05) is 27.7 Å². The van der Waals surface area contributed by atoms with Gasteiger partial charge in [0.1, 0.15) is 0 Å². The number of carbonyl (C=O) groups is 1. The van der Waals surface area contributed by atoms with E-state index < -0.39 is 0 Å². The van der Waals surface area contributed by atoms with E-state index in [0.717, 1.165) is 19.3 Å². The van der Waals surface area contributed by atoms with Crippen LogP contribution in [0.5, 0.6) is 0 Å². The van der Waals surface area contributed by atoms with E-state index in [1.807, 2.05) is 6.92 Å². The highest BCUT2D eigenvalue weighted by molar-refractivity contribution is 5.79. The maximum Gasteiger partial charge on any atom is 0.223 e. The molecule has 1 aliphatic carbocycles. The molecule has 1 fully saturated rings. The molecule has 1 rings (SSSR count). The number of rotatable bonds is 5. The van der Waals surface area contributed by atoms with E-state index in [1.54, 1.807) is 0 Å². The minimum absolute atomic E-state index is 0.0288. The van der Waals surface area contributed by atoms with Crippen LogP contribution in [0.3, 0.4) is 0 Å². The van der Waals surface area contributed by atoms with Crippen LogP contribution in [0.1, 0.15) is 53.4 Å². The lowest BCUT2D eigenvalue weighted by Gasteiger charge is -2.46. The first-order chi connectivity index (χ1) is 8.80. The number of amides is 1. The number of hydrogen-bond acceptors (Lipinski definition) is 3. The molecule has 0 heterocycles. The summed E-state index contributed by atoms with van der Waals surface area (Å²) in [5.74, 6) is 0.492. The van der Waals surface area contributed by atoms with Crippen LogP contribution in [0.2, 0.25) is 0 Å². The van der Waals surface area contributed by atoms with Crippen molar-refractivity contribution in [1.82, 2.24) is 5.32 Å². The van der Waals surface area contributed by atoms with Gasteiger partial charge in [-0.3, -0.25) is 4.79 Å². The molecule has 19 heavy (non-hydrogen) atoms. The van der Waals surface area contributed by atoms with E-state index in [9.17, 15) is 9.90 Å². The fourth-order valence-electron chi connectivity index (χ4n) is 3.01. The Hall–Kier alpha value is -0.610. The Kier molecular flexibility index (Phi) is 5.81. The molecule has 1 saturated carbocycles. The van der Waals surface area contributed by atoms with Gasteiger partial charge in [0.2, 0.25) is 5.91 Å². The lowest BCUT2D eigenvalue weighted by atomic mass is 9.61. The van der Waals surface area contributed by atoms with Crippen molar-refractivity contribution in [2.45, 2.75) is 65.5 Å². The number of aliphatic hydroxyl groups is 1. The van der Waals surface area contributed by atoms with Gasteiger partial charge in [-0.2, -0.15) is 0 Å². The summed E-state index contributed by atoms with van der Waals surface area (Å²) in [7, 11) is 0. The summed E-state index contributed by atoms with van der Waals surface area (Å²) in [5.41, 5.74) is 6.04. The van der Waals surface area contributed by atoms with Crippen LogP contribution in [-0.4, -0.2) is 29.7 Å². The average Bonchev–Trinajstić information content (AvgIpc) is 2.35. The van der Waals surface area contributed by atoms with E-state index in [2.05, 4.69) is 26.1 Å². The van der Waals surface area contributed by atoms with E-state index >= 15 is 0 Å². The fraction of sp³-hybridized carbons (Fsp3) is 0.933. The zero-order valence-electron chi connectivity index (χ0n) is 12.8. The topological polar surface area (TPSA) is 75.3 Å². The maximum atomic E-state index is 12.3. The molecule has 0 saturated heterocycles. The number of aliphatic hydroxyl groups excluding tert-OH is 1. The quantitative estimate of drug-likeness (QED) is 0.711. The Morgan fingerprint density at radius 1 is 1.47 bits per heavy atom. The molecule has 1 amide bonds. The first-order valence-electron chi connectivity index (χ1n) is 7.52. The summed E-state index contributed by atoms with van der Waals surface area (Å²) in [6, 6.07) is 0.195. The predicted octanol–water partition coefficient (Wildman–Crippen LogP) is 1.66. The summed E-state index contributed by atoms with van der Waals surface area (Å²) in [6.07, 6.45) is 2.83. The van der Waals surface area contributed by atoms with Crippen LogP contribution in [-0.2, 0) is 4.79 Å². The van der Waals surface area contributed by atoms with Crippen LogP contribution >= 0.6 is 0 Å². The van der Waals surface area contributed by atoms with Crippen molar-refractivity contribution in [2.75, 3.05) is 6.54 Å². The van der Waals surface area contributed by atoms with Crippen LogP contribution < -0.4 is 11.1 Å². The first-order valence-corrected chi connectivity index (χ1v) is 7.52. The summed E-state index contributed by atoms with van der Waals surface area (Å²) in [4.78, 5) is 12.3. The molecule has 0 bridgehead atoms. The van der Waals surface area contributed by atoms with Gasteiger partial charge in [-0.15, -0.1) is 0 Å². The van der Waals surface area contributed by atoms with E-state index in [1.165, 1.54) is 0 Å². The third-order valence-corrected chi connectivity index (χ3v) is 5.07. The van der Waals surface area contributed by atoms with Crippen LogP contribution in [0.25, 0.3) is 0 Å². The summed E-state index contributed by atoms with van der Waals surface area (Å²) in [6.45, 7) is 8.93. The average molecular weight is 270 g/mol. The first kappa shape index (κ1) is 16.4. The Bertz CT molecular complexity index is 305. The second kappa shape index (κ2) is 6.71. The van der Waals surface area contributed by atoms with Crippen molar-refractivity contribution in [3.8, 4) is 0 Å². The number of nitrogens with two attached hydrogens (primary N) is 1. The van der Waals surface area contributed by atoms with Crippen molar-refractivity contribution in [2.24, 2.45) is 23.0 Å². The smallest absolute Gasteiger partial charge is 0.223 e. The zero-order valence-corrected chi connectivity index (χ0v) is 12.8. The van der Waals surface area contributed by atoms with Gasteiger partial charge in [0, 0.05) is 18.5 Å². The fourth-order valence-corrected chi connectivity index (χ4v) is 3.01. The highest BCUT2D eigenvalue weighted by Gasteiger charge is 2.44. The van der Waals surface area contributed by atoms with E-state index in [0.29, 0.717) is 18.9 Å². The standard InChI is InChI=1S/C15H30N2O2/c1-5-11(18)8-9-17-14(19)12-6-7-13(16)10(2)15(12,3)4/h10-13,18H,5-9,16H2,1-4H3,(H,17,19). The molecular formula is C15H30N2O2. The molecule has 0 radical (unpaired) electrons. The van der Waals surface area contributed by atoms with Crippen LogP contribution in [0.15, 0.2) is 0 Å². The zero-order chi connectivity index (χ0) is 14.6. The van der Waals surface area contributed by atoms with Gasteiger partial charge in [0.05, 0.1) is 6.10 Å². The van der Waals surface area contributed by atoms with Gasteiger partial charge in [0.25, 0.3) is 0 Å². The minimum Gasteiger partial charge on any atom is -0.393 e. The van der Waals surface area contributed by atoms with E-state index in [4.69, 9.17) is 5.73 Å². The van der Waals surface area contributed by atoms with Gasteiger partial charge in [-0.25, -0.2) is 0 Å². The summed E-state index contributed by atoms with van der Waals surface area (Å²) >= 11 is 0. The van der Waals surface area contributed by atoms with Crippen LogP contribution in [0, 0.1) is 17.3 Å². The molecule has 0 aromatic rings. The van der Waals surface area contributed by atoms with Gasteiger partial charge in [0.15, 0.2) is 0 Å². The second-order valence-electron chi connectivity index (χ2n) is 6.55. The van der Waals surface area contributed by atoms with Gasteiger partial charge < -0.3 is 16.2 Å². The van der Waals surface area contributed by atoms with E-state index in [-0.39, 0.29) is 29.4 Å². The third kappa shape index (κ3) is 3.93. The molecule has 112 valence electrons. The second-order valence-corrected chi connectivity index (χ2v) is 6.55. The Morgan fingerprint density at radius 2 is 2.11 bits per heavy atom. The summed E-state index contributed by atoms with van der Waals surface area (Å²) in [5, 5.41) is 12.5. The number of carbonyl (C=O) groups excluding carboxylic acids is 1. The maximum absolute atomic E-state index is 12.3. The lowest BCUT2D eigenvalue weighted by Crippen LogP contribution is -2.51. The molecule has 4 N–H and O–H groups in total. The molecule has 1 aliphatic rings. The molecule has 4 nitrogen and oxygen atoms in total. The molecule has 0 aromatic carbocycles.